The van der Waals surface area contributed by atoms with Gasteiger partial charge in [-0.25, -0.2) is 0 Å². The predicted octanol–water partition coefficient (Wildman–Crippen LogP) is 9.15. The van der Waals surface area contributed by atoms with E-state index in [2.05, 4.69) is 32.7 Å². The van der Waals surface area contributed by atoms with Gasteiger partial charge in [0, 0.05) is 29.8 Å². The van der Waals surface area contributed by atoms with Crippen molar-refractivity contribution in [3.05, 3.63) is 108 Å². The second-order valence-corrected chi connectivity index (χ2v) is 21.8. The lowest BCUT2D eigenvalue weighted by atomic mass is 9.76. The second-order valence-electron chi connectivity index (χ2n) is 17.9. The first-order chi connectivity index (χ1) is 26.1. The fraction of sp³-hybridized carbons (Fsp3) is 0.444. The van der Waals surface area contributed by atoms with Crippen molar-refractivity contribution < 1.29 is 32.0 Å². The lowest BCUT2D eigenvalue weighted by molar-refractivity contribution is -0.139. The topological polar surface area (TPSA) is 65.7 Å². The number of benzene rings is 3. The molecule has 3 heterocycles. The van der Waals surface area contributed by atoms with Crippen LogP contribution in [-0.2, 0) is 27.0 Å². The van der Waals surface area contributed by atoms with Crippen molar-refractivity contribution in [3.63, 3.8) is 0 Å². The zero-order chi connectivity index (χ0) is 40.9. The molecule has 1 aliphatic heterocycles. The Balaban J connectivity index is 1.50. The molecule has 11 heteroatoms. The Morgan fingerprint density at radius 3 is 1.95 bits per heavy atom. The Bertz CT molecular complexity index is 2100. The molecular formula is C45H56BF3N2O4Si. The van der Waals surface area contributed by atoms with E-state index in [1.54, 1.807) is 25.4 Å². The maximum Gasteiger partial charge on any atom is 0.494 e. The Kier molecular flexibility index (Phi) is 11.4. The van der Waals surface area contributed by atoms with Crippen molar-refractivity contribution in [2.75, 3.05) is 7.11 Å². The van der Waals surface area contributed by atoms with Crippen molar-refractivity contribution in [3.8, 4) is 11.3 Å². The Labute approximate surface area is 331 Å². The van der Waals surface area contributed by atoms with E-state index in [1.807, 2.05) is 113 Å². The minimum atomic E-state index is -4.50. The predicted molar refractivity (Wildman–Crippen MR) is 223 cm³/mol. The largest absolute Gasteiger partial charge is 0.494 e. The molecule has 56 heavy (non-hydrogen) atoms. The number of hydrogen-bond acceptors (Lipinski definition) is 5. The fourth-order valence-electron chi connectivity index (χ4n) is 8.16. The maximum absolute atomic E-state index is 14.7. The molecule has 1 N–H and O–H groups in total. The van der Waals surface area contributed by atoms with Crippen LogP contribution < -0.4 is 15.8 Å². The van der Waals surface area contributed by atoms with E-state index >= 15 is 0 Å². The van der Waals surface area contributed by atoms with Gasteiger partial charge in [-0.05, 0) is 104 Å². The molecule has 0 spiro atoms. The van der Waals surface area contributed by atoms with E-state index in [0.29, 0.717) is 47.1 Å². The first-order valence-corrected chi connectivity index (χ1v) is 21.4. The third-order valence-electron chi connectivity index (χ3n) is 12.3. The van der Waals surface area contributed by atoms with E-state index in [9.17, 15) is 18.0 Å². The summed E-state index contributed by atoms with van der Waals surface area (Å²) in [5.41, 5.74) is 2.04. The average Bonchev–Trinajstić information content (AvgIpc) is 3.55. The van der Waals surface area contributed by atoms with E-state index in [-0.39, 0.29) is 0 Å². The minimum Gasteiger partial charge on any atom is -0.424 e. The quantitative estimate of drug-likeness (QED) is 0.121. The van der Waals surface area contributed by atoms with Gasteiger partial charge >= 0.3 is 13.3 Å². The lowest BCUT2D eigenvalue weighted by Crippen LogP contribution is -2.65. The third-order valence-corrected chi connectivity index (χ3v) is 16.9. The van der Waals surface area contributed by atoms with E-state index in [4.69, 9.17) is 14.0 Å². The summed E-state index contributed by atoms with van der Waals surface area (Å²) in [7, 11) is -2.42. The van der Waals surface area contributed by atoms with Crippen LogP contribution in [0.1, 0.15) is 92.5 Å². The number of ether oxygens (including phenoxy) is 1. The van der Waals surface area contributed by atoms with Gasteiger partial charge in [-0.2, -0.15) is 13.2 Å². The van der Waals surface area contributed by atoms with Gasteiger partial charge in [0.15, 0.2) is 0 Å². The lowest BCUT2D eigenvalue weighted by Gasteiger charge is -2.43. The minimum absolute atomic E-state index is 0.415. The second kappa shape index (κ2) is 15.2. The normalized spacial score (nSPS) is 16.8. The molecule has 298 valence electrons. The number of hydrogen-bond donors (Lipinski definition) is 1. The van der Waals surface area contributed by atoms with Crippen LogP contribution in [0.5, 0.6) is 0 Å². The average molecular weight is 785 g/mol. The van der Waals surface area contributed by atoms with Crippen LogP contribution in [0.4, 0.5) is 13.2 Å². The Hall–Kier alpha value is -3.74. The van der Waals surface area contributed by atoms with E-state index in [1.165, 1.54) is 4.57 Å². The summed E-state index contributed by atoms with van der Waals surface area (Å²) in [6.07, 6.45) is -1.48. The molecule has 1 aliphatic rings. The number of aromatic nitrogens is 2. The first kappa shape index (κ1) is 41.9. The van der Waals surface area contributed by atoms with Crippen molar-refractivity contribution >= 4 is 42.2 Å². The van der Waals surface area contributed by atoms with Crippen LogP contribution in [-0.4, -0.2) is 54.3 Å². The van der Waals surface area contributed by atoms with Crippen molar-refractivity contribution in [1.82, 2.24) is 9.55 Å². The van der Waals surface area contributed by atoms with Gasteiger partial charge in [-0.3, -0.25) is 4.98 Å². The van der Waals surface area contributed by atoms with Gasteiger partial charge in [0.1, 0.15) is 6.54 Å². The zero-order valence-corrected chi connectivity index (χ0v) is 35.4. The molecule has 0 unspecified atom stereocenters. The molecule has 0 amide bonds. The first-order valence-electron chi connectivity index (χ1n) is 19.5. The number of fused-ring (bicyclic) bond motifs is 1. The highest BCUT2D eigenvalue weighted by molar-refractivity contribution is 6.98. The summed E-state index contributed by atoms with van der Waals surface area (Å²) < 4.78 is 63.9. The van der Waals surface area contributed by atoms with Crippen LogP contribution in [0, 0.1) is 5.41 Å². The van der Waals surface area contributed by atoms with E-state index in [0.717, 1.165) is 21.4 Å². The molecule has 1 fully saturated rings. The number of pyridine rings is 1. The summed E-state index contributed by atoms with van der Waals surface area (Å²) >= 11 is 0. The summed E-state index contributed by atoms with van der Waals surface area (Å²) in [5, 5.41) is 2.09. The van der Waals surface area contributed by atoms with Crippen LogP contribution in [0.15, 0.2) is 97.2 Å². The number of halogens is 3. The van der Waals surface area contributed by atoms with Crippen LogP contribution in [0.2, 0.25) is 5.04 Å². The van der Waals surface area contributed by atoms with Gasteiger partial charge in [-0.15, -0.1) is 0 Å². The van der Waals surface area contributed by atoms with Gasteiger partial charge < -0.3 is 23.4 Å². The summed E-state index contributed by atoms with van der Waals surface area (Å²) in [6, 6.07) is 29.1. The van der Waals surface area contributed by atoms with Crippen molar-refractivity contribution in [2.24, 2.45) is 5.41 Å². The molecule has 5 aromatic rings. The van der Waals surface area contributed by atoms with Gasteiger partial charge in [-0.1, -0.05) is 100 Å². The molecule has 0 radical (unpaired) electrons. The standard InChI is InChI=1S/C45H56BF3N2O4Si/c1-31(53-10)39-35(22-17-27-50-39)40-37(36-28-32(46-54-43(6,7)44(8,9)55-46)23-24-38(36)51(40)30-45(47,48)49)29-41(2,3)25-26-42(4,5)56(52,33-18-13-11-14-19-33)34-20-15-12-16-21-34/h11-24,27-28,31,52H,25-26,29-30H2,1-10H3/t31-/m0/s1. The van der Waals surface area contributed by atoms with Crippen LogP contribution >= 0.6 is 0 Å². The fourth-order valence-corrected chi connectivity index (χ4v) is 11.9. The summed E-state index contributed by atoms with van der Waals surface area (Å²) in [4.78, 5) is 17.6. The molecule has 1 atom stereocenters. The smallest absolute Gasteiger partial charge is 0.424 e. The number of nitrogens with zero attached hydrogens (tertiary/aromatic N) is 2. The summed E-state index contributed by atoms with van der Waals surface area (Å²) in [5.74, 6) is 0. The van der Waals surface area contributed by atoms with Crippen molar-refractivity contribution in [2.45, 2.75) is 117 Å². The maximum atomic E-state index is 14.7. The molecular weight excluding hydrogens is 728 g/mol. The van der Waals surface area contributed by atoms with Crippen LogP contribution in [0.3, 0.4) is 0 Å². The SMILES string of the molecule is CO[C@@H](C)c1ncccc1-c1c(CC(C)(C)CCC(C)(C)[Si](O)(c2ccccc2)c2ccccc2)c2cc(B3OC(C)(C)C(C)(C)O3)ccc2n1CC(F)(F)F. The molecule has 0 saturated carbocycles. The number of alkyl halides is 3. The third kappa shape index (κ3) is 8.03. The van der Waals surface area contributed by atoms with Gasteiger partial charge in [0.2, 0.25) is 0 Å². The molecule has 0 bridgehead atoms. The molecule has 1 saturated heterocycles. The number of methoxy groups -OCH3 is 1. The Morgan fingerprint density at radius 2 is 1.41 bits per heavy atom. The highest BCUT2D eigenvalue weighted by atomic mass is 28.4. The molecule has 3 aromatic carbocycles. The zero-order valence-electron chi connectivity index (χ0n) is 34.4. The summed E-state index contributed by atoms with van der Waals surface area (Å²) in [6.45, 7) is 17.3. The Morgan fingerprint density at radius 1 is 0.839 bits per heavy atom. The highest BCUT2D eigenvalue weighted by Gasteiger charge is 2.52. The van der Waals surface area contributed by atoms with Crippen LogP contribution in [0.25, 0.3) is 22.2 Å². The van der Waals surface area contributed by atoms with Crippen molar-refractivity contribution in [1.29, 1.82) is 0 Å². The molecule has 0 aliphatic carbocycles. The van der Waals surface area contributed by atoms with E-state index < -0.39 is 55.9 Å². The molecule has 2 aromatic heterocycles. The molecule has 6 rings (SSSR count). The van der Waals surface area contributed by atoms with Gasteiger partial charge in [0.25, 0.3) is 8.32 Å². The highest BCUT2D eigenvalue weighted by Crippen LogP contribution is 2.47. The molecule has 6 nitrogen and oxygen atoms in total. The monoisotopic (exact) mass is 784 g/mol. The number of rotatable bonds is 13. The van der Waals surface area contributed by atoms with Gasteiger partial charge in [0.05, 0.1) is 28.7 Å².